The summed E-state index contributed by atoms with van der Waals surface area (Å²) in [7, 11) is 0. The number of amides is 2. The summed E-state index contributed by atoms with van der Waals surface area (Å²) in [6, 6.07) is 32.7. The van der Waals surface area contributed by atoms with Crippen LogP contribution in [-0.4, -0.2) is 50.3 Å². The summed E-state index contributed by atoms with van der Waals surface area (Å²) >= 11 is 0. The van der Waals surface area contributed by atoms with Gasteiger partial charge < -0.3 is 31.5 Å². The molecule has 3 unspecified atom stereocenters. The van der Waals surface area contributed by atoms with Crippen LogP contribution < -0.4 is 11.5 Å². The van der Waals surface area contributed by atoms with Crippen molar-refractivity contribution in [3.05, 3.63) is 131 Å². The molecule has 0 bridgehead atoms. The van der Waals surface area contributed by atoms with Crippen molar-refractivity contribution in [1.29, 1.82) is 0 Å². The molecule has 0 radical (unpaired) electrons. The molecule has 0 saturated carbocycles. The van der Waals surface area contributed by atoms with Gasteiger partial charge >= 0.3 is 6.03 Å². The minimum atomic E-state index is -1.19. The van der Waals surface area contributed by atoms with Crippen LogP contribution in [0.4, 0.5) is 16.2 Å². The molecule has 0 aliphatic carbocycles. The molecular weight excluding hydrogens is 500 g/mol. The summed E-state index contributed by atoms with van der Waals surface area (Å²) in [6.07, 6.45) is -1.61. The van der Waals surface area contributed by atoms with Crippen LogP contribution in [-0.2, 0) is 25.9 Å². The van der Waals surface area contributed by atoms with Crippen LogP contribution in [0.15, 0.2) is 109 Å². The zero-order valence-electron chi connectivity index (χ0n) is 22.4. The molecule has 0 aromatic heterocycles. The second-order valence-corrected chi connectivity index (χ2v) is 10.5. The van der Waals surface area contributed by atoms with E-state index >= 15 is 0 Å². The number of carbonyl (C=O) groups excluding carboxylic acids is 1. The van der Waals surface area contributed by atoms with Gasteiger partial charge in [0, 0.05) is 24.5 Å². The Bertz CT molecular complexity index is 1310. The molecule has 1 aliphatic heterocycles. The fourth-order valence-electron chi connectivity index (χ4n) is 5.59. The SMILES string of the molecule is Nc1cccc(CN2C(=O)N(Cc3cccc(N)c3)[C@H](Cc3ccccc3)C(O)C(O)C2Cc2ccccc2)c1. The molecule has 1 fully saturated rings. The Morgan fingerprint density at radius 2 is 0.925 bits per heavy atom. The van der Waals surface area contributed by atoms with Crippen molar-refractivity contribution in [2.75, 3.05) is 11.5 Å². The summed E-state index contributed by atoms with van der Waals surface area (Å²) in [5, 5.41) is 23.5. The van der Waals surface area contributed by atoms with Gasteiger partial charge in [-0.1, -0.05) is 84.9 Å². The van der Waals surface area contributed by atoms with Gasteiger partial charge in [0.1, 0.15) is 12.2 Å². The first kappa shape index (κ1) is 27.2. The fourth-order valence-corrected chi connectivity index (χ4v) is 5.59. The topological polar surface area (TPSA) is 116 Å². The molecule has 0 spiro atoms. The monoisotopic (exact) mass is 536 g/mol. The maximum Gasteiger partial charge on any atom is 0.321 e. The molecule has 2 amide bonds. The number of hydrogen-bond acceptors (Lipinski definition) is 5. The largest absolute Gasteiger partial charge is 0.399 e. The quantitative estimate of drug-likeness (QED) is 0.252. The Kier molecular flexibility index (Phi) is 8.34. The van der Waals surface area contributed by atoms with Crippen LogP contribution in [0.5, 0.6) is 0 Å². The Labute approximate surface area is 235 Å². The van der Waals surface area contributed by atoms with Crippen molar-refractivity contribution in [1.82, 2.24) is 9.80 Å². The third-order valence-corrected chi connectivity index (χ3v) is 7.61. The highest BCUT2D eigenvalue weighted by molar-refractivity contribution is 5.76. The van der Waals surface area contributed by atoms with Gasteiger partial charge in [0.15, 0.2) is 0 Å². The van der Waals surface area contributed by atoms with E-state index in [1.807, 2.05) is 97.1 Å². The van der Waals surface area contributed by atoms with Gasteiger partial charge in [0.05, 0.1) is 12.1 Å². The van der Waals surface area contributed by atoms with E-state index in [-0.39, 0.29) is 19.1 Å². The maximum atomic E-state index is 14.6. The third kappa shape index (κ3) is 6.28. The first-order valence-corrected chi connectivity index (χ1v) is 13.6. The molecule has 7 nitrogen and oxygen atoms in total. The zero-order valence-corrected chi connectivity index (χ0v) is 22.4. The first-order chi connectivity index (χ1) is 19.4. The highest BCUT2D eigenvalue weighted by atomic mass is 16.3. The lowest BCUT2D eigenvalue weighted by Gasteiger charge is -2.36. The number of rotatable bonds is 8. The number of nitrogens with zero attached hydrogens (tertiary/aromatic N) is 2. The van der Waals surface area contributed by atoms with E-state index in [0.29, 0.717) is 24.2 Å². The molecule has 4 aromatic carbocycles. The lowest BCUT2D eigenvalue weighted by Crippen LogP contribution is -2.50. The summed E-state index contributed by atoms with van der Waals surface area (Å²) in [4.78, 5) is 18.0. The number of aliphatic hydroxyl groups excluding tert-OH is 2. The predicted molar refractivity (Wildman–Crippen MR) is 158 cm³/mol. The standard InChI is InChI=1S/C33H36N4O3/c34-27-15-7-13-25(17-27)21-36-29(19-23-9-3-1-4-10-23)31(38)32(39)30(20-24-11-5-2-6-12-24)37(33(36)40)22-26-14-8-16-28(35)18-26/h1-18,29-32,38-39H,19-22,34-35H2/t29-,30?,31?,32?/m1/s1. The minimum Gasteiger partial charge on any atom is -0.399 e. The second kappa shape index (κ2) is 12.2. The number of nitrogens with two attached hydrogens (primary N) is 2. The highest BCUT2D eigenvalue weighted by Crippen LogP contribution is 2.30. The van der Waals surface area contributed by atoms with Gasteiger partial charge in [-0.2, -0.15) is 0 Å². The number of benzene rings is 4. The Morgan fingerprint density at radius 3 is 1.30 bits per heavy atom. The number of urea groups is 1. The average molecular weight is 537 g/mol. The molecule has 4 atom stereocenters. The highest BCUT2D eigenvalue weighted by Gasteiger charge is 2.46. The molecule has 206 valence electrons. The Morgan fingerprint density at radius 1 is 0.550 bits per heavy atom. The maximum absolute atomic E-state index is 14.6. The van der Waals surface area contributed by atoms with Crippen LogP contribution in [0.25, 0.3) is 0 Å². The van der Waals surface area contributed by atoms with Crippen LogP contribution >= 0.6 is 0 Å². The van der Waals surface area contributed by atoms with Gasteiger partial charge in [0.25, 0.3) is 0 Å². The zero-order chi connectivity index (χ0) is 28.1. The van der Waals surface area contributed by atoms with Crippen LogP contribution in [0, 0.1) is 0 Å². The van der Waals surface area contributed by atoms with Crippen molar-refractivity contribution >= 4 is 17.4 Å². The van der Waals surface area contributed by atoms with Gasteiger partial charge in [0.2, 0.25) is 0 Å². The minimum absolute atomic E-state index is 0.233. The molecular formula is C33H36N4O3. The Balaban J connectivity index is 1.59. The average Bonchev–Trinajstić information content (AvgIpc) is 3.02. The molecule has 1 heterocycles. The number of carbonyl (C=O) groups is 1. The van der Waals surface area contributed by atoms with E-state index in [9.17, 15) is 15.0 Å². The lowest BCUT2D eigenvalue weighted by atomic mass is 9.91. The van der Waals surface area contributed by atoms with Crippen LogP contribution in [0.2, 0.25) is 0 Å². The van der Waals surface area contributed by atoms with Gasteiger partial charge in [-0.25, -0.2) is 4.79 Å². The number of aliphatic hydroxyl groups is 2. The van der Waals surface area contributed by atoms with Crippen LogP contribution in [0.3, 0.4) is 0 Å². The number of anilines is 2. The summed E-state index contributed by atoms with van der Waals surface area (Å²) in [6.45, 7) is 0.466. The van der Waals surface area contributed by atoms with E-state index in [0.717, 1.165) is 22.3 Å². The fraction of sp³-hybridized carbons (Fsp3) is 0.242. The molecule has 5 rings (SSSR count). The van der Waals surface area contributed by atoms with E-state index < -0.39 is 24.3 Å². The van der Waals surface area contributed by atoms with Gasteiger partial charge in [-0.15, -0.1) is 0 Å². The molecule has 40 heavy (non-hydrogen) atoms. The molecule has 4 aromatic rings. The van der Waals surface area contributed by atoms with Crippen molar-refractivity contribution in [2.24, 2.45) is 0 Å². The molecule has 1 aliphatic rings. The number of nitrogen functional groups attached to an aromatic ring is 2. The third-order valence-electron chi connectivity index (χ3n) is 7.61. The van der Waals surface area contributed by atoms with Crippen molar-refractivity contribution < 1.29 is 15.0 Å². The molecule has 7 heteroatoms. The predicted octanol–water partition coefficient (Wildman–Crippen LogP) is 4.23. The van der Waals surface area contributed by atoms with Crippen molar-refractivity contribution in [3.8, 4) is 0 Å². The summed E-state index contributed by atoms with van der Waals surface area (Å²) in [5.41, 5.74) is 17.0. The lowest BCUT2D eigenvalue weighted by molar-refractivity contribution is -0.0408. The van der Waals surface area contributed by atoms with Crippen LogP contribution in [0.1, 0.15) is 22.3 Å². The van der Waals surface area contributed by atoms with E-state index in [2.05, 4.69) is 0 Å². The molecule has 1 saturated heterocycles. The molecule has 6 N–H and O–H groups in total. The number of hydrogen-bond donors (Lipinski definition) is 4. The second-order valence-electron chi connectivity index (χ2n) is 10.5. The summed E-state index contributed by atoms with van der Waals surface area (Å²) < 4.78 is 0. The normalized spacial score (nSPS) is 21.3. The smallest absolute Gasteiger partial charge is 0.321 e. The van der Waals surface area contributed by atoms with E-state index in [1.165, 1.54) is 0 Å². The van der Waals surface area contributed by atoms with Gasteiger partial charge in [-0.3, -0.25) is 0 Å². The van der Waals surface area contributed by atoms with Gasteiger partial charge in [-0.05, 0) is 59.4 Å². The van der Waals surface area contributed by atoms with Crippen molar-refractivity contribution in [2.45, 2.75) is 50.2 Å². The Hall–Kier alpha value is -4.33. The van der Waals surface area contributed by atoms with E-state index in [1.54, 1.807) is 21.9 Å². The summed E-state index contributed by atoms with van der Waals surface area (Å²) in [5.74, 6) is 0. The van der Waals surface area contributed by atoms with E-state index in [4.69, 9.17) is 11.5 Å². The first-order valence-electron chi connectivity index (χ1n) is 13.6. The van der Waals surface area contributed by atoms with Crippen molar-refractivity contribution in [3.63, 3.8) is 0 Å².